The first kappa shape index (κ1) is 10.5. The molecule has 0 bridgehead atoms. The van der Waals surface area contributed by atoms with Crippen molar-refractivity contribution in [1.29, 1.82) is 0 Å². The highest BCUT2D eigenvalue weighted by Gasteiger charge is 2.11. The Morgan fingerprint density at radius 2 is 2.46 bits per heavy atom. The predicted octanol–water partition coefficient (Wildman–Crippen LogP) is 1.80. The van der Waals surface area contributed by atoms with Crippen LogP contribution in [0.1, 0.15) is 16.3 Å². The molecule has 0 aromatic carbocycles. The molecule has 1 aromatic rings. The molecule has 0 saturated heterocycles. The Morgan fingerprint density at radius 1 is 1.77 bits per heavy atom. The third kappa shape index (κ3) is 2.67. The van der Waals surface area contributed by atoms with Crippen molar-refractivity contribution in [3.63, 3.8) is 0 Å². The second kappa shape index (κ2) is 4.57. The highest BCUT2D eigenvalue weighted by Crippen LogP contribution is 2.14. The van der Waals surface area contributed by atoms with Crippen LogP contribution in [0.25, 0.3) is 0 Å². The van der Waals surface area contributed by atoms with Gasteiger partial charge in [-0.3, -0.25) is 0 Å². The Balaban J connectivity index is 3.04. The number of carboxylic acid groups (broad SMARTS) is 1. The van der Waals surface area contributed by atoms with Gasteiger partial charge in [-0.2, -0.15) is 11.8 Å². The van der Waals surface area contributed by atoms with E-state index in [1.165, 1.54) is 6.20 Å². The molecule has 0 radical (unpaired) electrons. The minimum absolute atomic E-state index is 0.0130. The fourth-order valence-corrected chi connectivity index (χ4v) is 1.51. The van der Waals surface area contributed by atoms with Gasteiger partial charge < -0.3 is 5.11 Å². The van der Waals surface area contributed by atoms with Crippen LogP contribution in [-0.4, -0.2) is 27.3 Å². The summed E-state index contributed by atoms with van der Waals surface area (Å²) in [4.78, 5) is 18.5. The summed E-state index contributed by atoms with van der Waals surface area (Å²) in [5.41, 5.74) is 0.0130. The summed E-state index contributed by atoms with van der Waals surface area (Å²) in [7, 11) is 0. The highest BCUT2D eigenvalue weighted by atomic mass is 79.9. The zero-order valence-electron chi connectivity index (χ0n) is 6.82. The second-order valence-corrected chi connectivity index (χ2v) is 3.94. The van der Waals surface area contributed by atoms with Gasteiger partial charge in [-0.05, 0) is 22.2 Å². The van der Waals surface area contributed by atoms with E-state index in [-0.39, 0.29) is 5.69 Å². The van der Waals surface area contributed by atoms with Gasteiger partial charge in [0.05, 0.1) is 10.2 Å². The van der Waals surface area contributed by atoms with Crippen molar-refractivity contribution in [1.82, 2.24) is 9.97 Å². The molecule has 13 heavy (non-hydrogen) atoms. The van der Waals surface area contributed by atoms with Crippen molar-refractivity contribution in [2.45, 2.75) is 5.75 Å². The first-order valence-electron chi connectivity index (χ1n) is 3.38. The van der Waals surface area contributed by atoms with Crippen LogP contribution >= 0.6 is 27.7 Å². The third-order valence-corrected chi connectivity index (χ3v) is 2.40. The van der Waals surface area contributed by atoms with Crippen LogP contribution in [0.5, 0.6) is 0 Å². The van der Waals surface area contributed by atoms with E-state index in [4.69, 9.17) is 5.11 Å². The molecule has 0 saturated carbocycles. The molecular formula is C7H7BrN2O2S. The number of hydrogen-bond acceptors (Lipinski definition) is 4. The molecule has 1 heterocycles. The van der Waals surface area contributed by atoms with Crippen LogP contribution in [0.4, 0.5) is 0 Å². The molecule has 0 aliphatic heterocycles. The van der Waals surface area contributed by atoms with E-state index in [1.54, 1.807) is 11.8 Å². The lowest BCUT2D eigenvalue weighted by Crippen LogP contribution is -2.05. The summed E-state index contributed by atoms with van der Waals surface area (Å²) in [6.45, 7) is 0. The molecule has 0 spiro atoms. The fraction of sp³-hybridized carbons (Fsp3) is 0.286. The number of aromatic nitrogens is 2. The molecule has 0 aliphatic rings. The van der Waals surface area contributed by atoms with Crippen molar-refractivity contribution in [3.05, 3.63) is 22.2 Å². The minimum atomic E-state index is -1.04. The van der Waals surface area contributed by atoms with E-state index in [1.807, 2.05) is 6.26 Å². The second-order valence-electron chi connectivity index (χ2n) is 2.22. The molecule has 6 heteroatoms. The normalized spacial score (nSPS) is 10.0. The summed E-state index contributed by atoms with van der Waals surface area (Å²) in [6.07, 6.45) is 3.37. The van der Waals surface area contributed by atoms with Crippen LogP contribution in [0, 0.1) is 0 Å². The molecule has 4 nitrogen and oxygen atoms in total. The topological polar surface area (TPSA) is 63.1 Å². The standard InChI is InChI=1S/C7H7BrN2O2S/c1-13-3-5-9-2-4(8)6(10-5)7(11)12/h2H,3H2,1H3,(H,11,12). The van der Waals surface area contributed by atoms with Gasteiger partial charge >= 0.3 is 5.97 Å². The minimum Gasteiger partial charge on any atom is -0.476 e. The first-order valence-corrected chi connectivity index (χ1v) is 5.57. The Morgan fingerprint density at radius 3 is 3.00 bits per heavy atom. The largest absolute Gasteiger partial charge is 0.476 e. The fourth-order valence-electron chi connectivity index (χ4n) is 0.752. The van der Waals surface area contributed by atoms with Gasteiger partial charge in [0.25, 0.3) is 0 Å². The number of rotatable bonds is 3. The SMILES string of the molecule is CSCc1ncc(Br)c(C(=O)O)n1. The van der Waals surface area contributed by atoms with Gasteiger partial charge in [0.2, 0.25) is 0 Å². The Hall–Kier alpha value is -0.620. The van der Waals surface area contributed by atoms with Gasteiger partial charge in [-0.25, -0.2) is 14.8 Å². The van der Waals surface area contributed by atoms with Gasteiger partial charge in [-0.1, -0.05) is 0 Å². The number of carbonyl (C=O) groups is 1. The van der Waals surface area contributed by atoms with E-state index in [0.29, 0.717) is 16.0 Å². The van der Waals surface area contributed by atoms with E-state index in [0.717, 1.165) is 0 Å². The van der Waals surface area contributed by atoms with Crippen molar-refractivity contribution in [2.24, 2.45) is 0 Å². The van der Waals surface area contributed by atoms with E-state index in [2.05, 4.69) is 25.9 Å². The molecule has 0 atom stereocenters. The maximum atomic E-state index is 10.7. The molecule has 1 aromatic heterocycles. The third-order valence-electron chi connectivity index (χ3n) is 1.27. The first-order chi connectivity index (χ1) is 6.15. The number of nitrogens with zero attached hydrogens (tertiary/aromatic N) is 2. The maximum absolute atomic E-state index is 10.7. The van der Waals surface area contributed by atoms with Gasteiger partial charge in [0.15, 0.2) is 5.69 Å². The van der Waals surface area contributed by atoms with Crippen molar-refractivity contribution in [2.75, 3.05) is 6.26 Å². The molecule has 0 amide bonds. The van der Waals surface area contributed by atoms with Crippen molar-refractivity contribution < 1.29 is 9.90 Å². The lowest BCUT2D eigenvalue weighted by molar-refractivity contribution is 0.0689. The van der Waals surface area contributed by atoms with Gasteiger partial charge in [0.1, 0.15) is 5.82 Å². The lowest BCUT2D eigenvalue weighted by Gasteiger charge is -2.00. The summed E-state index contributed by atoms with van der Waals surface area (Å²) in [5.74, 6) is 0.109. The van der Waals surface area contributed by atoms with Crippen LogP contribution in [0.2, 0.25) is 0 Å². The van der Waals surface area contributed by atoms with Crippen LogP contribution < -0.4 is 0 Å². The Kier molecular flexibility index (Phi) is 3.68. The molecule has 0 aliphatic carbocycles. The summed E-state index contributed by atoms with van der Waals surface area (Å²) in [6, 6.07) is 0. The van der Waals surface area contributed by atoms with E-state index < -0.39 is 5.97 Å². The van der Waals surface area contributed by atoms with Gasteiger partial charge in [0, 0.05) is 6.20 Å². The molecule has 0 unspecified atom stereocenters. The zero-order valence-corrected chi connectivity index (χ0v) is 9.22. The summed E-state index contributed by atoms with van der Waals surface area (Å²) < 4.78 is 0.407. The molecule has 1 rings (SSSR count). The average molecular weight is 263 g/mol. The van der Waals surface area contributed by atoms with Crippen LogP contribution in [0.15, 0.2) is 10.7 Å². The van der Waals surface area contributed by atoms with E-state index >= 15 is 0 Å². The Bertz CT molecular complexity index is 332. The summed E-state index contributed by atoms with van der Waals surface area (Å²) >= 11 is 4.62. The van der Waals surface area contributed by atoms with Crippen LogP contribution in [-0.2, 0) is 5.75 Å². The lowest BCUT2D eigenvalue weighted by atomic mass is 10.4. The van der Waals surface area contributed by atoms with Crippen LogP contribution in [0.3, 0.4) is 0 Å². The predicted molar refractivity (Wildman–Crippen MR) is 53.9 cm³/mol. The number of aromatic carboxylic acids is 1. The quantitative estimate of drug-likeness (QED) is 0.900. The Labute approximate surface area is 87.9 Å². The number of hydrogen-bond donors (Lipinski definition) is 1. The summed E-state index contributed by atoms with van der Waals surface area (Å²) in [5, 5.41) is 8.73. The smallest absolute Gasteiger partial charge is 0.355 e. The molecule has 1 N–H and O–H groups in total. The number of carboxylic acids is 1. The highest BCUT2D eigenvalue weighted by molar-refractivity contribution is 9.10. The van der Waals surface area contributed by atoms with Crippen molar-refractivity contribution in [3.8, 4) is 0 Å². The zero-order chi connectivity index (χ0) is 9.84. The van der Waals surface area contributed by atoms with Gasteiger partial charge in [-0.15, -0.1) is 0 Å². The molecule has 70 valence electrons. The number of halogens is 1. The molecule has 0 fully saturated rings. The van der Waals surface area contributed by atoms with Crippen molar-refractivity contribution >= 4 is 33.7 Å². The maximum Gasteiger partial charge on any atom is 0.355 e. The monoisotopic (exact) mass is 262 g/mol. The average Bonchev–Trinajstić information content (AvgIpc) is 2.08. The molecular weight excluding hydrogens is 256 g/mol. The van der Waals surface area contributed by atoms with E-state index in [9.17, 15) is 4.79 Å². The number of thioether (sulfide) groups is 1.